The standard InChI is InChI=1S/C17H25N3O/c1-14-8-7-11-18-16(14)13-20-17(21)19-12-15-9-5-3-2-4-6-10-15/h2-3,7-8,11,15H,4-6,9-10,12-13H2,1H3,(H2,19,20,21)/b3-2-. The van der Waals surface area contributed by atoms with E-state index in [1.165, 1.54) is 19.3 Å². The van der Waals surface area contributed by atoms with Gasteiger partial charge < -0.3 is 10.6 Å². The molecular formula is C17H25N3O. The van der Waals surface area contributed by atoms with E-state index in [9.17, 15) is 4.79 Å². The van der Waals surface area contributed by atoms with Crippen LogP contribution in [0.3, 0.4) is 0 Å². The Morgan fingerprint density at radius 2 is 2.14 bits per heavy atom. The van der Waals surface area contributed by atoms with Crippen molar-refractivity contribution >= 4 is 6.03 Å². The summed E-state index contributed by atoms with van der Waals surface area (Å²) in [5, 5.41) is 5.87. The number of amides is 2. The first-order chi connectivity index (χ1) is 10.3. The van der Waals surface area contributed by atoms with Gasteiger partial charge in [-0.3, -0.25) is 4.98 Å². The largest absolute Gasteiger partial charge is 0.338 e. The third-order valence-electron chi connectivity index (χ3n) is 3.98. The molecule has 21 heavy (non-hydrogen) atoms. The second-order valence-electron chi connectivity index (χ2n) is 5.68. The van der Waals surface area contributed by atoms with Crippen LogP contribution in [0.5, 0.6) is 0 Å². The van der Waals surface area contributed by atoms with E-state index in [2.05, 4.69) is 27.8 Å². The minimum Gasteiger partial charge on any atom is -0.338 e. The summed E-state index contributed by atoms with van der Waals surface area (Å²) < 4.78 is 0. The molecular weight excluding hydrogens is 262 g/mol. The molecule has 0 fully saturated rings. The van der Waals surface area contributed by atoms with E-state index in [4.69, 9.17) is 0 Å². The molecule has 1 atom stereocenters. The molecule has 0 aliphatic heterocycles. The SMILES string of the molecule is Cc1cccnc1CNC(=O)NCC1CC/C=C\CCC1. The maximum atomic E-state index is 11.9. The van der Waals surface area contributed by atoms with Gasteiger partial charge in [0.25, 0.3) is 0 Å². The third kappa shape index (κ3) is 5.58. The number of aryl methyl sites for hydroxylation is 1. The summed E-state index contributed by atoms with van der Waals surface area (Å²) >= 11 is 0. The van der Waals surface area contributed by atoms with Gasteiger partial charge in [-0.15, -0.1) is 0 Å². The first-order valence-electron chi connectivity index (χ1n) is 7.83. The summed E-state index contributed by atoms with van der Waals surface area (Å²) in [5.74, 6) is 0.595. The minimum absolute atomic E-state index is 0.0994. The number of aromatic nitrogens is 1. The predicted molar refractivity (Wildman–Crippen MR) is 84.9 cm³/mol. The quantitative estimate of drug-likeness (QED) is 0.835. The number of hydrogen-bond acceptors (Lipinski definition) is 2. The summed E-state index contributed by atoms with van der Waals surface area (Å²) in [5.41, 5.74) is 2.02. The number of nitrogens with one attached hydrogen (secondary N) is 2. The Morgan fingerprint density at radius 3 is 3.00 bits per heavy atom. The Bertz CT molecular complexity index is 485. The number of nitrogens with zero attached hydrogens (tertiary/aromatic N) is 1. The molecule has 4 nitrogen and oxygen atoms in total. The van der Waals surface area contributed by atoms with Gasteiger partial charge in [-0.1, -0.05) is 18.2 Å². The fraction of sp³-hybridized carbons (Fsp3) is 0.529. The van der Waals surface area contributed by atoms with Crippen LogP contribution in [-0.4, -0.2) is 17.6 Å². The zero-order valence-electron chi connectivity index (χ0n) is 12.8. The first-order valence-corrected chi connectivity index (χ1v) is 7.83. The molecule has 2 amide bonds. The molecule has 0 radical (unpaired) electrons. The van der Waals surface area contributed by atoms with Crippen molar-refractivity contribution < 1.29 is 4.79 Å². The molecule has 0 spiro atoms. The van der Waals surface area contributed by atoms with Gasteiger partial charge in [-0.05, 0) is 56.6 Å². The van der Waals surface area contributed by atoms with Crippen molar-refractivity contribution in [1.82, 2.24) is 15.6 Å². The fourth-order valence-electron chi connectivity index (χ4n) is 2.61. The van der Waals surface area contributed by atoms with Crippen LogP contribution in [0.4, 0.5) is 4.79 Å². The average molecular weight is 287 g/mol. The van der Waals surface area contributed by atoms with Crippen LogP contribution in [0.2, 0.25) is 0 Å². The van der Waals surface area contributed by atoms with Gasteiger partial charge in [0, 0.05) is 12.7 Å². The van der Waals surface area contributed by atoms with Crippen molar-refractivity contribution in [3.8, 4) is 0 Å². The summed E-state index contributed by atoms with van der Waals surface area (Å²) in [7, 11) is 0. The normalized spacial score (nSPS) is 20.1. The lowest BCUT2D eigenvalue weighted by molar-refractivity contribution is 0.237. The zero-order chi connectivity index (χ0) is 14.9. The van der Waals surface area contributed by atoms with Crippen molar-refractivity contribution in [1.29, 1.82) is 0 Å². The third-order valence-corrected chi connectivity index (χ3v) is 3.98. The van der Waals surface area contributed by atoms with Gasteiger partial charge in [0.2, 0.25) is 0 Å². The molecule has 114 valence electrons. The van der Waals surface area contributed by atoms with Crippen LogP contribution in [-0.2, 0) is 6.54 Å². The van der Waals surface area contributed by atoms with E-state index in [1.54, 1.807) is 6.20 Å². The van der Waals surface area contributed by atoms with Crippen molar-refractivity contribution in [2.45, 2.75) is 45.6 Å². The lowest BCUT2D eigenvalue weighted by Gasteiger charge is -2.18. The molecule has 4 heteroatoms. The van der Waals surface area contributed by atoms with Crippen LogP contribution in [0, 0.1) is 12.8 Å². The minimum atomic E-state index is -0.0994. The van der Waals surface area contributed by atoms with Crippen molar-refractivity contribution in [2.24, 2.45) is 5.92 Å². The average Bonchev–Trinajstić information content (AvgIpc) is 2.45. The van der Waals surface area contributed by atoms with Gasteiger partial charge >= 0.3 is 6.03 Å². The molecule has 1 heterocycles. The molecule has 1 aliphatic rings. The van der Waals surface area contributed by atoms with Gasteiger partial charge in [0.1, 0.15) is 0 Å². The number of hydrogen-bond donors (Lipinski definition) is 2. The Labute approximate surface area is 127 Å². The van der Waals surface area contributed by atoms with Gasteiger partial charge in [-0.25, -0.2) is 4.79 Å². The zero-order valence-corrected chi connectivity index (χ0v) is 12.8. The number of allylic oxidation sites excluding steroid dienone is 2. The summed E-state index contributed by atoms with van der Waals surface area (Å²) in [6.07, 6.45) is 12.2. The Morgan fingerprint density at radius 1 is 1.29 bits per heavy atom. The predicted octanol–water partition coefficient (Wildman–Crippen LogP) is 3.33. The highest BCUT2D eigenvalue weighted by molar-refractivity contribution is 5.73. The van der Waals surface area contributed by atoms with Crippen LogP contribution in [0.25, 0.3) is 0 Å². The lowest BCUT2D eigenvalue weighted by atomic mass is 9.94. The smallest absolute Gasteiger partial charge is 0.315 e. The number of pyridine rings is 1. The molecule has 1 aromatic rings. The van der Waals surface area contributed by atoms with Gasteiger partial charge in [0.05, 0.1) is 12.2 Å². The highest BCUT2D eigenvalue weighted by atomic mass is 16.2. The number of urea groups is 1. The number of carbonyl (C=O) groups is 1. The second kappa shape index (κ2) is 8.45. The molecule has 1 aromatic heterocycles. The molecule has 2 N–H and O–H groups in total. The van der Waals surface area contributed by atoms with E-state index in [-0.39, 0.29) is 6.03 Å². The van der Waals surface area contributed by atoms with Crippen LogP contribution < -0.4 is 10.6 Å². The molecule has 0 saturated heterocycles. The van der Waals surface area contributed by atoms with Crippen LogP contribution in [0.15, 0.2) is 30.5 Å². The fourth-order valence-corrected chi connectivity index (χ4v) is 2.61. The number of carbonyl (C=O) groups excluding carboxylic acids is 1. The highest BCUT2D eigenvalue weighted by Gasteiger charge is 2.11. The highest BCUT2D eigenvalue weighted by Crippen LogP contribution is 2.17. The van der Waals surface area contributed by atoms with E-state index < -0.39 is 0 Å². The lowest BCUT2D eigenvalue weighted by Crippen LogP contribution is -2.38. The monoisotopic (exact) mass is 287 g/mol. The van der Waals surface area contributed by atoms with E-state index in [0.29, 0.717) is 12.5 Å². The second-order valence-corrected chi connectivity index (χ2v) is 5.68. The van der Waals surface area contributed by atoms with Crippen molar-refractivity contribution in [3.05, 3.63) is 41.7 Å². The van der Waals surface area contributed by atoms with Gasteiger partial charge in [0.15, 0.2) is 0 Å². The molecule has 0 aromatic carbocycles. The maximum absolute atomic E-state index is 11.9. The maximum Gasteiger partial charge on any atom is 0.315 e. The topological polar surface area (TPSA) is 54.0 Å². The molecule has 0 bridgehead atoms. The van der Waals surface area contributed by atoms with Gasteiger partial charge in [-0.2, -0.15) is 0 Å². The molecule has 1 unspecified atom stereocenters. The molecule has 2 rings (SSSR count). The summed E-state index contributed by atoms with van der Waals surface area (Å²) in [6.45, 7) is 3.25. The first kappa shape index (κ1) is 15.5. The summed E-state index contributed by atoms with van der Waals surface area (Å²) in [6, 6.07) is 3.81. The number of rotatable bonds is 4. The van der Waals surface area contributed by atoms with E-state index >= 15 is 0 Å². The van der Waals surface area contributed by atoms with Crippen molar-refractivity contribution in [2.75, 3.05) is 6.54 Å². The van der Waals surface area contributed by atoms with Crippen LogP contribution >= 0.6 is 0 Å². The van der Waals surface area contributed by atoms with Crippen molar-refractivity contribution in [3.63, 3.8) is 0 Å². The van der Waals surface area contributed by atoms with E-state index in [1.807, 2.05) is 19.1 Å². The van der Waals surface area contributed by atoms with Crippen LogP contribution in [0.1, 0.15) is 43.4 Å². The Kier molecular flexibility index (Phi) is 6.25. The van der Waals surface area contributed by atoms with E-state index in [0.717, 1.165) is 30.6 Å². The molecule has 1 aliphatic carbocycles. The Balaban J connectivity index is 1.69. The molecule has 0 saturated carbocycles. The summed E-state index contributed by atoms with van der Waals surface area (Å²) in [4.78, 5) is 16.1. The Hall–Kier alpha value is -1.84.